The van der Waals surface area contributed by atoms with E-state index in [0.717, 1.165) is 42.8 Å². The Kier molecular flexibility index (Phi) is 8.19. The zero-order valence-corrected chi connectivity index (χ0v) is 20.3. The van der Waals surface area contributed by atoms with Crippen molar-refractivity contribution in [3.63, 3.8) is 0 Å². The van der Waals surface area contributed by atoms with E-state index in [-0.39, 0.29) is 29.6 Å². The molecule has 1 aliphatic heterocycles. The molecule has 0 radical (unpaired) electrons. The zero-order valence-electron chi connectivity index (χ0n) is 20.3. The van der Waals surface area contributed by atoms with Crippen molar-refractivity contribution in [3.05, 3.63) is 58.7 Å². The topological polar surface area (TPSA) is 65.5 Å². The number of carbonyl (C=O) groups excluding carboxylic acids is 2. The third-order valence-corrected chi connectivity index (χ3v) is 6.63. The number of nitrogens with zero attached hydrogens (tertiary/aromatic N) is 3. The van der Waals surface area contributed by atoms with Crippen molar-refractivity contribution in [2.75, 3.05) is 25.0 Å². The Morgan fingerprint density at radius 3 is 2.52 bits per heavy atom. The summed E-state index contributed by atoms with van der Waals surface area (Å²) >= 11 is 0. The monoisotopic (exact) mass is 454 g/mol. The molecule has 1 aliphatic rings. The predicted molar refractivity (Wildman–Crippen MR) is 129 cm³/mol. The molecule has 0 aliphatic carbocycles. The minimum Gasteiger partial charge on any atom is -0.337 e. The molecule has 2 amide bonds. The third kappa shape index (κ3) is 5.96. The van der Waals surface area contributed by atoms with Gasteiger partial charge in [-0.2, -0.15) is 0 Å². The molecule has 1 aromatic carbocycles. The fourth-order valence-corrected chi connectivity index (χ4v) is 4.44. The first-order valence-corrected chi connectivity index (χ1v) is 11.8. The van der Waals surface area contributed by atoms with Crippen LogP contribution in [0.4, 0.5) is 10.1 Å². The molecular weight excluding hydrogens is 419 g/mol. The van der Waals surface area contributed by atoms with Crippen molar-refractivity contribution in [1.82, 2.24) is 14.8 Å². The summed E-state index contributed by atoms with van der Waals surface area (Å²) in [5.74, 6) is -0.378. The molecule has 178 valence electrons. The molecule has 6 nitrogen and oxygen atoms in total. The normalized spacial score (nSPS) is 16.8. The Morgan fingerprint density at radius 1 is 1.18 bits per heavy atom. The van der Waals surface area contributed by atoms with Gasteiger partial charge in [-0.05, 0) is 69.0 Å². The minimum absolute atomic E-state index is 0.0827. The second-order valence-electron chi connectivity index (χ2n) is 9.01. The van der Waals surface area contributed by atoms with Crippen molar-refractivity contribution in [2.45, 2.75) is 60.0 Å². The van der Waals surface area contributed by atoms with Crippen LogP contribution in [-0.4, -0.2) is 52.3 Å². The summed E-state index contributed by atoms with van der Waals surface area (Å²) in [5.41, 5.74) is 3.39. The van der Waals surface area contributed by atoms with Gasteiger partial charge in [0, 0.05) is 55.7 Å². The standard InChI is InChI=1S/C26H35FN4O2/c1-6-20(7-2)26(33)31-11-10-30(15-18(31)4)16-22-12-23(27)13-24(19(22)5)29-25(32)21-9-8-17(3)28-14-21/h8-9,12-14,18,20H,6-7,10-11,15-16H2,1-5H3,(H,29,32). The summed E-state index contributed by atoms with van der Waals surface area (Å²) in [6, 6.07) is 6.47. The number of amides is 2. The van der Waals surface area contributed by atoms with Crippen LogP contribution in [0.1, 0.15) is 60.8 Å². The minimum atomic E-state index is -0.386. The van der Waals surface area contributed by atoms with Crippen LogP contribution in [0.25, 0.3) is 0 Å². The smallest absolute Gasteiger partial charge is 0.257 e. The average Bonchev–Trinajstić information content (AvgIpc) is 2.78. The molecule has 33 heavy (non-hydrogen) atoms. The van der Waals surface area contributed by atoms with Gasteiger partial charge in [-0.3, -0.25) is 19.5 Å². The fourth-order valence-electron chi connectivity index (χ4n) is 4.44. The number of carbonyl (C=O) groups is 2. The maximum Gasteiger partial charge on any atom is 0.257 e. The Hall–Kier alpha value is -2.80. The summed E-state index contributed by atoms with van der Waals surface area (Å²) < 4.78 is 14.4. The van der Waals surface area contributed by atoms with Crippen LogP contribution in [0.3, 0.4) is 0 Å². The number of hydrogen-bond acceptors (Lipinski definition) is 4. The Bertz CT molecular complexity index is 989. The highest BCUT2D eigenvalue weighted by molar-refractivity contribution is 6.04. The third-order valence-electron chi connectivity index (χ3n) is 6.63. The van der Waals surface area contributed by atoms with Crippen LogP contribution in [-0.2, 0) is 11.3 Å². The SMILES string of the molecule is CCC(CC)C(=O)N1CCN(Cc2cc(F)cc(NC(=O)c3ccc(C)nc3)c2C)CC1C. The van der Waals surface area contributed by atoms with E-state index in [1.807, 2.05) is 18.7 Å². The molecule has 2 heterocycles. The van der Waals surface area contributed by atoms with Gasteiger partial charge in [0.1, 0.15) is 5.82 Å². The Labute approximate surface area is 196 Å². The second kappa shape index (κ2) is 10.9. The predicted octanol–water partition coefficient (Wildman–Crippen LogP) is 4.56. The quantitative estimate of drug-likeness (QED) is 0.666. The van der Waals surface area contributed by atoms with Crippen molar-refractivity contribution < 1.29 is 14.0 Å². The average molecular weight is 455 g/mol. The van der Waals surface area contributed by atoms with E-state index < -0.39 is 0 Å². The Balaban J connectivity index is 1.69. The highest BCUT2D eigenvalue weighted by Crippen LogP contribution is 2.25. The summed E-state index contributed by atoms with van der Waals surface area (Å²) in [6.45, 7) is 12.7. The van der Waals surface area contributed by atoms with Gasteiger partial charge < -0.3 is 10.2 Å². The van der Waals surface area contributed by atoms with Gasteiger partial charge in [-0.25, -0.2) is 4.39 Å². The van der Waals surface area contributed by atoms with Gasteiger partial charge in [-0.1, -0.05) is 13.8 Å². The van der Waals surface area contributed by atoms with E-state index in [9.17, 15) is 14.0 Å². The number of hydrogen-bond donors (Lipinski definition) is 1. The molecule has 3 rings (SSSR count). The summed E-state index contributed by atoms with van der Waals surface area (Å²) in [7, 11) is 0. The number of nitrogens with one attached hydrogen (secondary N) is 1. The van der Waals surface area contributed by atoms with Gasteiger partial charge in [0.25, 0.3) is 5.91 Å². The molecular formula is C26H35FN4O2. The van der Waals surface area contributed by atoms with Gasteiger partial charge in [-0.15, -0.1) is 0 Å². The number of pyridine rings is 1. The number of halogens is 1. The van der Waals surface area contributed by atoms with Gasteiger partial charge >= 0.3 is 0 Å². The van der Waals surface area contributed by atoms with Crippen LogP contribution in [0.15, 0.2) is 30.5 Å². The zero-order chi connectivity index (χ0) is 24.1. The lowest BCUT2D eigenvalue weighted by Crippen LogP contribution is -2.55. The van der Waals surface area contributed by atoms with Gasteiger partial charge in [0.2, 0.25) is 5.91 Å². The number of rotatable bonds is 7. The first-order chi connectivity index (χ1) is 15.7. The highest BCUT2D eigenvalue weighted by atomic mass is 19.1. The lowest BCUT2D eigenvalue weighted by Gasteiger charge is -2.41. The molecule has 0 spiro atoms. The van der Waals surface area contributed by atoms with Crippen LogP contribution in [0, 0.1) is 25.6 Å². The largest absolute Gasteiger partial charge is 0.337 e. The molecule has 0 saturated carbocycles. The number of anilines is 1. The highest BCUT2D eigenvalue weighted by Gasteiger charge is 2.30. The van der Waals surface area contributed by atoms with Crippen molar-refractivity contribution in [2.24, 2.45) is 5.92 Å². The Morgan fingerprint density at radius 2 is 1.91 bits per heavy atom. The van der Waals surface area contributed by atoms with Gasteiger partial charge in [0.05, 0.1) is 5.56 Å². The van der Waals surface area contributed by atoms with Crippen LogP contribution in [0.5, 0.6) is 0 Å². The molecule has 1 aromatic heterocycles. The van der Waals surface area contributed by atoms with E-state index in [4.69, 9.17) is 0 Å². The van der Waals surface area contributed by atoms with E-state index in [0.29, 0.717) is 24.3 Å². The fraction of sp³-hybridized carbons (Fsp3) is 0.500. The summed E-state index contributed by atoms with van der Waals surface area (Å²) in [5, 5.41) is 2.83. The van der Waals surface area contributed by atoms with E-state index in [1.54, 1.807) is 12.1 Å². The van der Waals surface area contributed by atoms with E-state index in [2.05, 4.69) is 36.0 Å². The first kappa shape index (κ1) is 24.8. The molecule has 1 atom stereocenters. The molecule has 2 aromatic rings. The number of benzene rings is 1. The summed E-state index contributed by atoms with van der Waals surface area (Å²) in [6.07, 6.45) is 3.24. The van der Waals surface area contributed by atoms with E-state index in [1.165, 1.54) is 18.3 Å². The molecule has 1 saturated heterocycles. The second-order valence-corrected chi connectivity index (χ2v) is 9.01. The maximum absolute atomic E-state index is 14.4. The molecule has 1 N–H and O–H groups in total. The summed E-state index contributed by atoms with van der Waals surface area (Å²) in [4.78, 5) is 33.8. The first-order valence-electron chi connectivity index (χ1n) is 11.8. The van der Waals surface area contributed by atoms with Crippen molar-refractivity contribution >= 4 is 17.5 Å². The van der Waals surface area contributed by atoms with Crippen LogP contribution in [0.2, 0.25) is 0 Å². The van der Waals surface area contributed by atoms with Crippen molar-refractivity contribution in [1.29, 1.82) is 0 Å². The lowest BCUT2D eigenvalue weighted by molar-refractivity contribution is -0.140. The maximum atomic E-state index is 14.4. The molecule has 0 bridgehead atoms. The number of piperazine rings is 1. The molecule has 1 unspecified atom stereocenters. The van der Waals surface area contributed by atoms with E-state index >= 15 is 0 Å². The van der Waals surface area contributed by atoms with Crippen LogP contribution >= 0.6 is 0 Å². The number of aromatic nitrogens is 1. The molecule has 7 heteroatoms. The lowest BCUT2D eigenvalue weighted by atomic mass is 9.99. The van der Waals surface area contributed by atoms with Gasteiger partial charge in [0.15, 0.2) is 0 Å². The van der Waals surface area contributed by atoms with Crippen molar-refractivity contribution in [3.8, 4) is 0 Å². The number of aryl methyl sites for hydroxylation is 1. The molecule has 1 fully saturated rings. The van der Waals surface area contributed by atoms with Crippen LogP contribution < -0.4 is 5.32 Å².